The van der Waals surface area contributed by atoms with Crippen molar-refractivity contribution >= 4 is 27.5 Å². The number of morpholine rings is 1. The van der Waals surface area contributed by atoms with Gasteiger partial charge < -0.3 is 9.64 Å². The van der Waals surface area contributed by atoms with Crippen LogP contribution in [-0.2, 0) is 25.3 Å². The van der Waals surface area contributed by atoms with E-state index in [9.17, 15) is 13.2 Å². The lowest BCUT2D eigenvalue weighted by Gasteiger charge is -2.35. The fourth-order valence-electron chi connectivity index (χ4n) is 3.33. The predicted octanol–water partition coefficient (Wildman–Crippen LogP) is 1.74. The summed E-state index contributed by atoms with van der Waals surface area (Å²) in [6.07, 6.45) is 1.13. The summed E-state index contributed by atoms with van der Waals surface area (Å²) < 4.78 is 32.0. The molecule has 0 N–H and O–H groups in total. The molecule has 25 heavy (non-hydrogen) atoms. The number of benzene rings is 1. The largest absolute Gasteiger partial charge is 0.378 e. The van der Waals surface area contributed by atoms with E-state index in [0.29, 0.717) is 62.8 Å². The molecule has 0 aliphatic carbocycles. The Kier molecular flexibility index (Phi) is 5.99. The van der Waals surface area contributed by atoms with Gasteiger partial charge in [-0.25, -0.2) is 12.7 Å². The van der Waals surface area contributed by atoms with Gasteiger partial charge in [0, 0.05) is 37.1 Å². The number of ether oxygens (including phenoxy) is 1. The van der Waals surface area contributed by atoms with E-state index in [1.807, 2.05) is 4.90 Å². The highest BCUT2D eigenvalue weighted by atomic mass is 35.5. The van der Waals surface area contributed by atoms with Crippen LogP contribution >= 0.6 is 11.6 Å². The summed E-state index contributed by atoms with van der Waals surface area (Å²) in [7, 11) is -3.43. The quantitative estimate of drug-likeness (QED) is 0.790. The zero-order valence-corrected chi connectivity index (χ0v) is 15.6. The molecule has 6 nitrogen and oxygen atoms in total. The maximum absolute atomic E-state index is 12.6. The highest BCUT2D eigenvalue weighted by molar-refractivity contribution is 7.88. The second kappa shape index (κ2) is 8.03. The normalized spacial score (nSPS) is 20.6. The van der Waals surface area contributed by atoms with Gasteiger partial charge in [0.05, 0.1) is 19.0 Å². The maximum Gasteiger partial charge on any atom is 0.225 e. The molecular formula is C17H23ClN2O4S. The van der Waals surface area contributed by atoms with Gasteiger partial charge in [0.15, 0.2) is 0 Å². The van der Waals surface area contributed by atoms with E-state index in [1.165, 1.54) is 4.31 Å². The molecule has 2 heterocycles. The van der Waals surface area contributed by atoms with Crippen LogP contribution in [0.25, 0.3) is 0 Å². The number of carbonyl (C=O) groups excluding carboxylic acids is 1. The molecule has 2 saturated heterocycles. The molecule has 1 amide bonds. The van der Waals surface area contributed by atoms with E-state index in [0.717, 1.165) is 0 Å². The second-order valence-electron chi connectivity index (χ2n) is 6.46. The van der Waals surface area contributed by atoms with Crippen molar-refractivity contribution in [3.8, 4) is 0 Å². The lowest BCUT2D eigenvalue weighted by molar-refractivity contribution is -0.140. The first kappa shape index (κ1) is 18.6. The molecule has 0 aromatic heterocycles. The van der Waals surface area contributed by atoms with E-state index in [1.54, 1.807) is 24.3 Å². The molecule has 0 atom stereocenters. The SMILES string of the molecule is O=C(C1CCN(S(=O)(=O)Cc2ccccc2Cl)CC1)N1CCOCC1. The van der Waals surface area contributed by atoms with E-state index < -0.39 is 10.0 Å². The van der Waals surface area contributed by atoms with Gasteiger partial charge in [0.2, 0.25) is 15.9 Å². The van der Waals surface area contributed by atoms with Gasteiger partial charge in [-0.05, 0) is 24.5 Å². The standard InChI is InChI=1S/C17H23ClN2O4S/c18-16-4-2-1-3-15(16)13-25(22,23)20-7-5-14(6-8-20)17(21)19-9-11-24-12-10-19/h1-4,14H,5-13H2. The molecule has 1 aromatic rings. The van der Waals surface area contributed by atoms with E-state index in [-0.39, 0.29) is 17.6 Å². The molecule has 2 fully saturated rings. The van der Waals surface area contributed by atoms with Crippen molar-refractivity contribution in [1.29, 1.82) is 0 Å². The Morgan fingerprint density at radius 3 is 2.40 bits per heavy atom. The number of sulfonamides is 1. The monoisotopic (exact) mass is 386 g/mol. The Bertz CT molecular complexity index is 711. The minimum atomic E-state index is -3.43. The van der Waals surface area contributed by atoms with E-state index >= 15 is 0 Å². The molecule has 3 rings (SSSR count). The van der Waals surface area contributed by atoms with Gasteiger partial charge in [0.1, 0.15) is 0 Å². The highest BCUT2D eigenvalue weighted by Gasteiger charge is 2.33. The van der Waals surface area contributed by atoms with Gasteiger partial charge in [-0.3, -0.25) is 4.79 Å². The number of carbonyl (C=O) groups is 1. The first-order valence-electron chi connectivity index (χ1n) is 8.55. The predicted molar refractivity (Wildman–Crippen MR) is 95.8 cm³/mol. The smallest absolute Gasteiger partial charge is 0.225 e. The van der Waals surface area contributed by atoms with Crippen molar-refractivity contribution in [2.24, 2.45) is 5.92 Å². The van der Waals surface area contributed by atoms with Gasteiger partial charge >= 0.3 is 0 Å². The second-order valence-corrected chi connectivity index (χ2v) is 8.83. The zero-order chi connectivity index (χ0) is 17.9. The topological polar surface area (TPSA) is 66.9 Å². The lowest BCUT2D eigenvalue weighted by Crippen LogP contribution is -2.47. The fraction of sp³-hybridized carbons (Fsp3) is 0.588. The fourth-order valence-corrected chi connectivity index (χ4v) is 5.20. The summed E-state index contributed by atoms with van der Waals surface area (Å²) in [5, 5.41) is 0.462. The average Bonchev–Trinajstić information content (AvgIpc) is 2.64. The number of hydrogen-bond donors (Lipinski definition) is 0. The first-order chi connectivity index (χ1) is 12.0. The average molecular weight is 387 g/mol. The number of nitrogens with zero attached hydrogens (tertiary/aromatic N) is 2. The van der Waals surface area contributed by atoms with Crippen LogP contribution in [-0.4, -0.2) is 62.9 Å². The van der Waals surface area contributed by atoms with Gasteiger partial charge in [-0.15, -0.1) is 0 Å². The molecule has 2 aliphatic heterocycles. The van der Waals surface area contributed by atoms with Crippen LogP contribution in [0.4, 0.5) is 0 Å². The van der Waals surface area contributed by atoms with Gasteiger partial charge in [-0.2, -0.15) is 0 Å². The number of rotatable bonds is 4. The van der Waals surface area contributed by atoms with Gasteiger partial charge in [-0.1, -0.05) is 29.8 Å². The number of piperidine rings is 1. The molecule has 0 bridgehead atoms. The Labute approximate surface area is 153 Å². The number of hydrogen-bond acceptors (Lipinski definition) is 4. The van der Waals surface area contributed by atoms with Crippen molar-refractivity contribution in [3.05, 3.63) is 34.9 Å². The van der Waals surface area contributed by atoms with Crippen LogP contribution in [0.5, 0.6) is 0 Å². The highest BCUT2D eigenvalue weighted by Crippen LogP contribution is 2.25. The third kappa shape index (κ3) is 4.53. The molecule has 0 radical (unpaired) electrons. The van der Waals surface area contributed by atoms with Crippen molar-refractivity contribution < 1.29 is 17.9 Å². The maximum atomic E-state index is 12.6. The molecule has 0 spiro atoms. The molecule has 138 valence electrons. The van der Waals surface area contributed by atoms with Crippen LogP contribution in [0.3, 0.4) is 0 Å². The third-order valence-electron chi connectivity index (χ3n) is 4.82. The molecular weight excluding hydrogens is 364 g/mol. The van der Waals surface area contributed by atoms with Crippen LogP contribution in [0.1, 0.15) is 18.4 Å². The molecule has 1 aromatic carbocycles. The minimum absolute atomic E-state index is 0.0927. The van der Waals surface area contributed by atoms with Crippen LogP contribution in [0, 0.1) is 5.92 Å². The number of halogens is 1. The molecule has 8 heteroatoms. The molecule has 2 aliphatic rings. The van der Waals surface area contributed by atoms with Crippen molar-refractivity contribution in [2.45, 2.75) is 18.6 Å². The van der Waals surface area contributed by atoms with E-state index in [4.69, 9.17) is 16.3 Å². The lowest BCUT2D eigenvalue weighted by atomic mass is 9.96. The Morgan fingerprint density at radius 2 is 1.76 bits per heavy atom. The summed E-state index contributed by atoms with van der Waals surface area (Å²) in [5.41, 5.74) is 0.607. The van der Waals surface area contributed by atoms with Gasteiger partial charge in [0.25, 0.3) is 0 Å². The summed E-state index contributed by atoms with van der Waals surface area (Å²) >= 11 is 6.08. The van der Waals surface area contributed by atoms with Crippen LogP contribution in [0.15, 0.2) is 24.3 Å². The molecule has 0 saturated carbocycles. The summed E-state index contributed by atoms with van der Waals surface area (Å²) in [4.78, 5) is 14.4. The third-order valence-corrected chi connectivity index (χ3v) is 7.01. The van der Waals surface area contributed by atoms with Crippen molar-refractivity contribution in [1.82, 2.24) is 9.21 Å². The van der Waals surface area contributed by atoms with Crippen molar-refractivity contribution in [2.75, 3.05) is 39.4 Å². The Morgan fingerprint density at radius 1 is 1.12 bits per heavy atom. The molecule has 0 unspecified atom stereocenters. The van der Waals surface area contributed by atoms with Crippen molar-refractivity contribution in [3.63, 3.8) is 0 Å². The Hall–Kier alpha value is -1.15. The summed E-state index contributed by atoms with van der Waals surface area (Å²) in [5.74, 6) is -0.0642. The number of amides is 1. The summed E-state index contributed by atoms with van der Waals surface area (Å²) in [6.45, 7) is 3.18. The summed E-state index contributed by atoms with van der Waals surface area (Å²) in [6, 6.07) is 6.99. The zero-order valence-electron chi connectivity index (χ0n) is 14.1. The van der Waals surface area contributed by atoms with Crippen LogP contribution in [0.2, 0.25) is 5.02 Å². The Balaban J connectivity index is 1.57. The van der Waals surface area contributed by atoms with Crippen LogP contribution < -0.4 is 0 Å². The minimum Gasteiger partial charge on any atom is -0.378 e. The van der Waals surface area contributed by atoms with E-state index in [2.05, 4.69) is 0 Å². The first-order valence-corrected chi connectivity index (χ1v) is 10.5.